The third-order valence-electron chi connectivity index (χ3n) is 11.8. The van der Waals surface area contributed by atoms with E-state index in [1.807, 2.05) is 0 Å². The summed E-state index contributed by atoms with van der Waals surface area (Å²) >= 11 is 0. The number of methoxy groups -OCH3 is 1. The zero-order valence-corrected chi connectivity index (χ0v) is 36.2. The molecule has 0 aliphatic carbocycles. The van der Waals surface area contributed by atoms with Crippen molar-refractivity contribution in [2.24, 2.45) is 0 Å². The minimum Gasteiger partial charge on any atom is -0.465 e. The van der Waals surface area contributed by atoms with Crippen LogP contribution in [-0.2, 0) is 58.6 Å². The van der Waals surface area contributed by atoms with Crippen LogP contribution >= 0.6 is 0 Å². The van der Waals surface area contributed by atoms with Crippen LogP contribution < -0.4 is 5.32 Å². The summed E-state index contributed by atoms with van der Waals surface area (Å²) in [6.45, 7) is -4.86. The summed E-state index contributed by atoms with van der Waals surface area (Å²) < 4.78 is 89.0. The number of hydrogen-bond acceptors (Lipinski definition) is 26. The number of esters is 1. The predicted octanol–water partition coefficient (Wildman–Crippen LogP) is -8.33. The molecule has 0 saturated carbocycles. The largest absolute Gasteiger partial charge is 0.471 e. The van der Waals surface area contributed by atoms with Gasteiger partial charge in [0.1, 0.15) is 104 Å². The Bertz CT molecular complexity index is 1790. The SMILES string of the molecule is COC(=O)[C@@]1(OCCc2ccc(NC(=O)C(F)(F)F)cc2)C[C@@H](O)[C@@H](O[C@H]2O[C@H]([C@@H](O)CO)[C@@H](O[C@@H]3O[C@H](CO)[C@@H](O)[C@H](O)[C@H]3O)[C@H](O[C@H]3O[C@H]([C@@H](O)CO)[C@@H](O)[C@H](O)[C@@H]3O)[C@@H]2O)[C@@H]([C@H](O)CO)O1. The Morgan fingerprint density at radius 2 is 1.19 bits per heavy atom. The highest BCUT2D eigenvalue weighted by Crippen LogP contribution is 2.40. The summed E-state index contributed by atoms with van der Waals surface area (Å²) in [5, 5.41) is 161. The number of benzene rings is 1. The Hall–Kier alpha value is -2.97. The molecule has 4 aliphatic rings. The van der Waals surface area contributed by atoms with Crippen molar-refractivity contribution in [3.05, 3.63) is 29.8 Å². The van der Waals surface area contributed by atoms with Gasteiger partial charge in [-0.3, -0.25) is 4.79 Å². The fourth-order valence-electron chi connectivity index (χ4n) is 7.98. The molecule has 27 nitrogen and oxygen atoms in total. The summed E-state index contributed by atoms with van der Waals surface area (Å²) in [5.41, 5.74) is 0.179. The first kappa shape index (κ1) is 56.9. The van der Waals surface area contributed by atoms with Gasteiger partial charge in [0, 0.05) is 12.1 Å². The Kier molecular flexibility index (Phi) is 19.9. The van der Waals surface area contributed by atoms with Crippen LogP contribution in [0.15, 0.2) is 24.3 Å². The molecule has 0 spiro atoms. The van der Waals surface area contributed by atoms with Gasteiger partial charge in [-0.05, 0) is 24.1 Å². The number of amides is 1. The average molecular weight is 1010 g/mol. The van der Waals surface area contributed by atoms with E-state index in [1.165, 1.54) is 12.1 Å². The van der Waals surface area contributed by atoms with Crippen molar-refractivity contribution >= 4 is 17.6 Å². The number of ether oxygens (including phenoxy) is 9. The molecule has 1 aromatic rings. The number of carbonyl (C=O) groups excluding carboxylic acids is 2. The van der Waals surface area contributed by atoms with Gasteiger partial charge in [-0.25, -0.2) is 4.79 Å². The Morgan fingerprint density at radius 1 is 0.681 bits per heavy atom. The fraction of sp³-hybridized carbons (Fsp3) is 0.795. The van der Waals surface area contributed by atoms with Crippen LogP contribution in [0.25, 0.3) is 0 Å². The maximum Gasteiger partial charge on any atom is 0.471 e. The molecule has 16 N–H and O–H groups in total. The van der Waals surface area contributed by atoms with Crippen LogP contribution in [0, 0.1) is 0 Å². The number of nitrogens with one attached hydrogen (secondary N) is 1. The molecule has 5 rings (SSSR count). The van der Waals surface area contributed by atoms with Crippen molar-refractivity contribution in [3.8, 4) is 0 Å². The summed E-state index contributed by atoms with van der Waals surface area (Å²) in [4.78, 5) is 24.6. The number of hydrogen-bond donors (Lipinski definition) is 16. The van der Waals surface area contributed by atoms with E-state index in [2.05, 4.69) is 0 Å². The van der Waals surface area contributed by atoms with Gasteiger partial charge in [-0.2, -0.15) is 13.2 Å². The van der Waals surface area contributed by atoms with E-state index in [9.17, 15) is 99.4 Å². The molecule has 1 amide bonds. The Labute approximate surface area is 388 Å². The molecule has 4 aliphatic heterocycles. The second-order valence-corrected chi connectivity index (χ2v) is 16.5. The molecule has 4 fully saturated rings. The normalized spacial score (nSPS) is 40.1. The number of rotatable bonds is 19. The molecule has 0 bridgehead atoms. The summed E-state index contributed by atoms with van der Waals surface area (Å²) in [6.07, 6.45) is -50.1. The van der Waals surface area contributed by atoms with Crippen molar-refractivity contribution < 1.29 is 142 Å². The quantitative estimate of drug-likeness (QED) is 0.0572. The molecule has 0 radical (unpaired) electrons. The molecule has 69 heavy (non-hydrogen) atoms. The summed E-state index contributed by atoms with van der Waals surface area (Å²) in [7, 11) is 0.901. The number of aliphatic hydroxyl groups is 15. The van der Waals surface area contributed by atoms with Gasteiger partial charge >= 0.3 is 18.1 Å². The summed E-state index contributed by atoms with van der Waals surface area (Å²) in [5.74, 6) is -6.13. The zero-order chi connectivity index (χ0) is 51.3. The number of halogens is 3. The van der Waals surface area contributed by atoms with Gasteiger partial charge < -0.3 is 125 Å². The van der Waals surface area contributed by atoms with E-state index < -0.39 is 192 Å². The standard InChI is InChI=1S/C39H58F3NO26/c1-61-37(60)38(62-7-6-13-2-4-14(5-3-13)43-36(59)39(40,41)42)8-15(48)28(30(69-38)18(51)11-46)65-35-26(58)31(67-34-25(57)22(54)23(55)27(64-34)16(49)9-44)32(29(66-35)17(50)10-45)68-33-24(56)21(53)20(52)19(12-47)63-33/h2-5,15-35,44-58H,6-12H2,1H3,(H,43,59)/t15-,16+,17+,18-,19-,20-,21+,22+,23+,24-,25+,26+,27-,28-,29-,30-,31-,32-,33+,34-,35+,38-/m1/s1. The first-order chi connectivity index (χ1) is 32.5. The van der Waals surface area contributed by atoms with E-state index in [0.717, 1.165) is 19.2 Å². The lowest BCUT2D eigenvalue weighted by Crippen LogP contribution is -2.70. The third kappa shape index (κ3) is 12.8. The Morgan fingerprint density at radius 3 is 1.75 bits per heavy atom. The van der Waals surface area contributed by atoms with Gasteiger partial charge in [0.25, 0.3) is 5.79 Å². The maximum absolute atomic E-state index is 13.3. The van der Waals surface area contributed by atoms with Crippen molar-refractivity contribution in [2.45, 2.75) is 154 Å². The van der Waals surface area contributed by atoms with Gasteiger partial charge in [-0.1, -0.05) is 12.1 Å². The summed E-state index contributed by atoms with van der Waals surface area (Å²) in [6, 6.07) is 4.92. The highest BCUT2D eigenvalue weighted by Gasteiger charge is 2.60. The van der Waals surface area contributed by atoms with Crippen LogP contribution in [0.2, 0.25) is 0 Å². The van der Waals surface area contributed by atoms with Gasteiger partial charge in [0.15, 0.2) is 18.9 Å². The van der Waals surface area contributed by atoms with E-state index in [0.29, 0.717) is 5.56 Å². The minimum absolute atomic E-state index is 0.0988. The topological polar surface area (TPSA) is 433 Å². The van der Waals surface area contributed by atoms with E-state index in [1.54, 1.807) is 5.32 Å². The highest BCUT2D eigenvalue weighted by molar-refractivity contribution is 5.94. The average Bonchev–Trinajstić information content (AvgIpc) is 3.32. The van der Waals surface area contributed by atoms with E-state index in [4.69, 9.17) is 42.6 Å². The molecule has 4 saturated heterocycles. The van der Waals surface area contributed by atoms with Crippen LogP contribution in [0.3, 0.4) is 0 Å². The minimum atomic E-state index is -5.16. The molecule has 4 heterocycles. The highest BCUT2D eigenvalue weighted by atomic mass is 19.4. The van der Waals surface area contributed by atoms with Crippen molar-refractivity contribution in [1.82, 2.24) is 0 Å². The molecular formula is C39H58F3NO26. The van der Waals surface area contributed by atoms with E-state index in [-0.39, 0.29) is 12.1 Å². The zero-order valence-electron chi connectivity index (χ0n) is 36.2. The lowest BCUT2D eigenvalue weighted by molar-refractivity contribution is -0.405. The second kappa shape index (κ2) is 24.2. The lowest BCUT2D eigenvalue weighted by Gasteiger charge is -2.51. The third-order valence-corrected chi connectivity index (χ3v) is 11.8. The Balaban J connectivity index is 1.45. The molecule has 30 heteroatoms. The van der Waals surface area contributed by atoms with Crippen molar-refractivity contribution in [2.75, 3.05) is 45.5 Å². The van der Waals surface area contributed by atoms with Gasteiger partial charge in [0.2, 0.25) is 0 Å². The fourth-order valence-corrected chi connectivity index (χ4v) is 7.98. The van der Waals surface area contributed by atoms with Gasteiger partial charge in [-0.15, -0.1) is 0 Å². The maximum atomic E-state index is 13.3. The molecular weight excluding hydrogens is 955 g/mol. The monoisotopic (exact) mass is 1010 g/mol. The van der Waals surface area contributed by atoms with Crippen LogP contribution in [0.1, 0.15) is 12.0 Å². The molecule has 22 atom stereocenters. The first-order valence-corrected chi connectivity index (χ1v) is 21.2. The van der Waals surface area contributed by atoms with Crippen molar-refractivity contribution in [3.63, 3.8) is 0 Å². The number of anilines is 1. The smallest absolute Gasteiger partial charge is 0.465 e. The molecule has 0 unspecified atom stereocenters. The molecule has 1 aromatic carbocycles. The van der Waals surface area contributed by atoms with Crippen LogP contribution in [0.5, 0.6) is 0 Å². The van der Waals surface area contributed by atoms with Crippen LogP contribution in [0.4, 0.5) is 18.9 Å². The van der Waals surface area contributed by atoms with Crippen molar-refractivity contribution in [1.29, 1.82) is 0 Å². The lowest BCUT2D eigenvalue weighted by atomic mass is 9.91. The second-order valence-electron chi connectivity index (χ2n) is 16.5. The van der Waals surface area contributed by atoms with Gasteiger partial charge in [0.05, 0.1) is 46.2 Å². The van der Waals surface area contributed by atoms with E-state index >= 15 is 0 Å². The molecule has 396 valence electrons. The number of aliphatic hydroxyl groups excluding tert-OH is 15. The number of carbonyl (C=O) groups is 2. The number of alkyl halides is 3. The molecule has 0 aromatic heterocycles. The first-order valence-electron chi connectivity index (χ1n) is 21.2. The van der Waals surface area contributed by atoms with Crippen LogP contribution in [-0.4, -0.2) is 269 Å². The predicted molar refractivity (Wildman–Crippen MR) is 210 cm³/mol.